The zero-order valence-corrected chi connectivity index (χ0v) is 25.4. The predicted molar refractivity (Wildman–Crippen MR) is 145 cm³/mol. The van der Waals surface area contributed by atoms with Gasteiger partial charge in [-0.15, -0.1) is 13.2 Å². The van der Waals surface area contributed by atoms with Crippen molar-refractivity contribution in [2.75, 3.05) is 30.5 Å². The molecule has 0 aromatic heterocycles. The maximum absolute atomic E-state index is 15.8. The molecular formula is C28H17BrF14N2O4. The molecule has 0 radical (unpaired) electrons. The third-order valence-corrected chi connectivity index (χ3v) is 7.05. The molecule has 0 aliphatic carbocycles. The van der Waals surface area contributed by atoms with Gasteiger partial charge in [0.25, 0.3) is 11.8 Å². The minimum atomic E-state index is -6.78. The monoisotopic (exact) mass is 790 g/mol. The number of anilines is 2. The molecule has 0 spiro atoms. The lowest BCUT2D eigenvalue weighted by molar-refractivity contribution is -0.348. The van der Waals surface area contributed by atoms with Crippen LogP contribution in [0.5, 0.6) is 5.75 Å². The van der Waals surface area contributed by atoms with Gasteiger partial charge < -0.3 is 19.7 Å². The first-order valence-corrected chi connectivity index (χ1v) is 13.6. The quantitative estimate of drug-likeness (QED) is 0.220. The molecule has 268 valence electrons. The fourth-order valence-electron chi connectivity index (χ4n) is 4.20. The van der Waals surface area contributed by atoms with Crippen LogP contribution in [0.25, 0.3) is 0 Å². The Labute approximate surface area is 273 Å². The molecule has 0 bridgehead atoms. The van der Waals surface area contributed by atoms with Crippen molar-refractivity contribution < 1.29 is 80.5 Å². The summed E-state index contributed by atoms with van der Waals surface area (Å²) in [6.45, 7) is -0.760. The highest BCUT2D eigenvalue weighted by atomic mass is 79.9. The van der Waals surface area contributed by atoms with Crippen LogP contribution in [-0.4, -0.2) is 50.8 Å². The average Bonchev–Trinajstić information content (AvgIpc) is 2.96. The number of ether oxygens (including phenoxy) is 2. The lowest BCUT2D eigenvalue weighted by atomic mass is 9.92. The zero-order chi connectivity index (χ0) is 37.3. The molecule has 0 unspecified atom stereocenters. The SMILES string of the molecule is COCCN(C(=O)c1ccc(OC(F)(F)F)cc1)c1cccc(C(=O)Nc2c(Br)cc(C(F)(C(F)(F)F)C(F)(F)F)cc2C(F)(F)F)c1F. The van der Waals surface area contributed by atoms with Crippen molar-refractivity contribution >= 4 is 39.1 Å². The van der Waals surface area contributed by atoms with Crippen LogP contribution >= 0.6 is 15.9 Å². The van der Waals surface area contributed by atoms with Crippen molar-refractivity contribution in [2.24, 2.45) is 0 Å². The first-order chi connectivity index (χ1) is 22.3. The summed E-state index contributed by atoms with van der Waals surface area (Å²) in [7, 11) is 1.17. The van der Waals surface area contributed by atoms with Crippen molar-refractivity contribution in [1.82, 2.24) is 0 Å². The smallest absolute Gasteiger partial charge is 0.406 e. The number of nitrogens with zero attached hydrogens (tertiary/aromatic N) is 1. The largest absolute Gasteiger partial charge is 0.573 e. The van der Waals surface area contributed by atoms with E-state index in [1.165, 1.54) is 12.4 Å². The van der Waals surface area contributed by atoms with Gasteiger partial charge in [0.15, 0.2) is 5.82 Å². The fourth-order valence-corrected chi connectivity index (χ4v) is 4.76. The summed E-state index contributed by atoms with van der Waals surface area (Å²) in [4.78, 5) is 26.9. The topological polar surface area (TPSA) is 67.9 Å². The Morgan fingerprint density at radius 3 is 1.90 bits per heavy atom. The number of alkyl halides is 13. The molecule has 0 heterocycles. The van der Waals surface area contributed by atoms with Gasteiger partial charge in [-0.1, -0.05) is 6.07 Å². The van der Waals surface area contributed by atoms with Crippen LogP contribution < -0.4 is 15.0 Å². The number of halogens is 15. The Kier molecular flexibility index (Phi) is 11.2. The van der Waals surface area contributed by atoms with E-state index in [0.29, 0.717) is 11.0 Å². The second-order valence-electron chi connectivity index (χ2n) is 9.65. The highest BCUT2D eigenvalue weighted by Crippen LogP contribution is 2.55. The first kappa shape index (κ1) is 39.3. The van der Waals surface area contributed by atoms with E-state index in [0.717, 1.165) is 36.4 Å². The molecule has 3 aromatic carbocycles. The molecule has 6 nitrogen and oxygen atoms in total. The van der Waals surface area contributed by atoms with Gasteiger partial charge in [0.05, 0.1) is 29.1 Å². The Morgan fingerprint density at radius 1 is 0.837 bits per heavy atom. The number of amides is 2. The minimum Gasteiger partial charge on any atom is -0.406 e. The van der Waals surface area contributed by atoms with E-state index < -0.39 is 99.1 Å². The van der Waals surface area contributed by atoms with Crippen LogP contribution in [0.1, 0.15) is 31.8 Å². The van der Waals surface area contributed by atoms with Crippen LogP contribution in [0.3, 0.4) is 0 Å². The van der Waals surface area contributed by atoms with Crippen LogP contribution in [0.15, 0.2) is 59.1 Å². The highest BCUT2D eigenvalue weighted by molar-refractivity contribution is 9.10. The number of benzene rings is 3. The molecule has 0 saturated heterocycles. The van der Waals surface area contributed by atoms with E-state index in [1.807, 2.05) is 0 Å². The summed E-state index contributed by atoms with van der Waals surface area (Å²) < 4.78 is 196. The first-order valence-electron chi connectivity index (χ1n) is 12.8. The minimum absolute atomic E-state index is 0.295. The molecule has 0 fully saturated rings. The van der Waals surface area contributed by atoms with Crippen LogP contribution in [0, 0.1) is 5.82 Å². The Balaban J connectivity index is 2.08. The molecule has 0 aliphatic rings. The highest BCUT2D eigenvalue weighted by Gasteiger charge is 2.73. The summed E-state index contributed by atoms with van der Waals surface area (Å²) >= 11 is 2.32. The Bertz CT molecular complexity index is 1670. The summed E-state index contributed by atoms with van der Waals surface area (Å²) in [5.41, 5.74) is -14.9. The van der Waals surface area contributed by atoms with Crippen molar-refractivity contribution in [3.63, 3.8) is 0 Å². The van der Waals surface area contributed by atoms with Gasteiger partial charge >= 0.3 is 30.6 Å². The maximum atomic E-state index is 15.8. The number of carbonyl (C=O) groups excluding carboxylic acids is 2. The second kappa shape index (κ2) is 14.0. The molecule has 3 rings (SSSR count). The van der Waals surface area contributed by atoms with Crippen molar-refractivity contribution in [3.05, 3.63) is 87.1 Å². The van der Waals surface area contributed by atoms with E-state index in [-0.39, 0.29) is 18.2 Å². The number of rotatable bonds is 9. The third-order valence-electron chi connectivity index (χ3n) is 6.43. The van der Waals surface area contributed by atoms with Crippen LogP contribution in [0.4, 0.5) is 72.8 Å². The van der Waals surface area contributed by atoms with Gasteiger partial charge in [0.1, 0.15) is 5.75 Å². The molecule has 1 N–H and O–H groups in total. The lowest BCUT2D eigenvalue weighted by Gasteiger charge is -2.31. The number of hydrogen-bond acceptors (Lipinski definition) is 4. The number of hydrogen-bond donors (Lipinski definition) is 1. The maximum Gasteiger partial charge on any atom is 0.573 e. The van der Waals surface area contributed by atoms with Crippen LogP contribution in [-0.2, 0) is 16.6 Å². The van der Waals surface area contributed by atoms with E-state index in [4.69, 9.17) is 4.74 Å². The van der Waals surface area contributed by atoms with Gasteiger partial charge in [-0.25, -0.2) is 8.78 Å². The van der Waals surface area contributed by atoms with Gasteiger partial charge in [-0.3, -0.25) is 9.59 Å². The van der Waals surface area contributed by atoms with Gasteiger partial charge in [0, 0.05) is 29.3 Å². The number of methoxy groups -OCH3 is 1. The molecule has 0 atom stereocenters. The van der Waals surface area contributed by atoms with Gasteiger partial charge in [-0.05, 0) is 64.5 Å². The molecule has 2 amide bonds. The van der Waals surface area contributed by atoms with Gasteiger partial charge in [-0.2, -0.15) is 39.5 Å². The second-order valence-corrected chi connectivity index (χ2v) is 10.5. The fraction of sp³-hybridized carbons (Fsp3) is 0.286. The number of nitrogens with one attached hydrogen (secondary N) is 1. The van der Waals surface area contributed by atoms with E-state index >= 15 is 4.39 Å². The summed E-state index contributed by atoms with van der Waals surface area (Å²) in [6.07, 6.45) is -24.5. The summed E-state index contributed by atoms with van der Waals surface area (Å²) in [5.74, 6) is -5.14. The molecule has 0 saturated carbocycles. The summed E-state index contributed by atoms with van der Waals surface area (Å²) in [6, 6.07) is 4.70. The molecule has 0 aliphatic heterocycles. The standard InChI is InChI=1S/C28H17BrF14N2O4/c1-48-10-9-45(23(47)13-5-7-15(8-6-13)49-28(41,42)43)19-4-2-3-16(20(19)30)22(46)44-21-17(25(32,33)34)11-14(12-18(21)29)24(31,26(35,36)37)27(38,39)40/h2-8,11-12H,9-10H2,1H3,(H,44,46). The van der Waals surface area contributed by atoms with E-state index in [2.05, 4.69) is 20.7 Å². The van der Waals surface area contributed by atoms with Crippen LogP contribution in [0.2, 0.25) is 0 Å². The lowest BCUT2D eigenvalue weighted by Crippen LogP contribution is -2.50. The molecule has 21 heteroatoms. The summed E-state index contributed by atoms with van der Waals surface area (Å²) in [5, 5.41) is 1.53. The number of carbonyl (C=O) groups is 2. The molecule has 49 heavy (non-hydrogen) atoms. The van der Waals surface area contributed by atoms with Crippen molar-refractivity contribution in [3.8, 4) is 5.75 Å². The van der Waals surface area contributed by atoms with E-state index in [9.17, 15) is 66.7 Å². The molecule has 3 aromatic rings. The Morgan fingerprint density at radius 2 is 1.41 bits per heavy atom. The third kappa shape index (κ3) is 8.54. The van der Waals surface area contributed by atoms with Crippen molar-refractivity contribution in [2.45, 2.75) is 30.6 Å². The molecular weight excluding hydrogens is 774 g/mol. The predicted octanol–water partition coefficient (Wildman–Crippen LogP) is 9.34. The van der Waals surface area contributed by atoms with E-state index in [1.54, 1.807) is 0 Å². The van der Waals surface area contributed by atoms with Gasteiger partial charge in [0.2, 0.25) is 0 Å². The van der Waals surface area contributed by atoms with Crippen molar-refractivity contribution in [1.29, 1.82) is 0 Å². The Hall–Kier alpha value is -4.14. The normalized spacial score (nSPS) is 12.9. The average molecular weight is 791 g/mol. The zero-order valence-electron chi connectivity index (χ0n) is 23.9.